The van der Waals surface area contributed by atoms with Crippen molar-refractivity contribution < 1.29 is 4.79 Å². The SMILES string of the molecule is Cc1ccc(-c2nc(C)c(C(=O)N3CCC(N4CCCCC4)CC3)s2)cc1. The third-order valence-corrected chi connectivity index (χ3v) is 7.14. The number of aryl methyl sites for hydroxylation is 2. The van der Waals surface area contributed by atoms with Crippen LogP contribution in [0.2, 0.25) is 0 Å². The predicted octanol–water partition coefficient (Wildman–Crippen LogP) is 4.52. The highest BCUT2D eigenvalue weighted by molar-refractivity contribution is 7.17. The summed E-state index contributed by atoms with van der Waals surface area (Å²) in [4.78, 5) is 23.3. The largest absolute Gasteiger partial charge is 0.338 e. The third kappa shape index (κ3) is 4.09. The second-order valence-electron chi connectivity index (χ2n) is 7.92. The summed E-state index contributed by atoms with van der Waals surface area (Å²) in [5, 5.41) is 0.944. The van der Waals surface area contributed by atoms with Crippen LogP contribution in [-0.4, -0.2) is 52.9 Å². The van der Waals surface area contributed by atoms with E-state index in [2.05, 4.69) is 41.1 Å². The Hall–Kier alpha value is -1.72. The van der Waals surface area contributed by atoms with Crippen molar-refractivity contribution in [3.05, 3.63) is 40.4 Å². The van der Waals surface area contributed by atoms with Crippen molar-refractivity contribution in [3.8, 4) is 10.6 Å². The summed E-state index contributed by atoms with van der Waals surface area (Å²) >= 11 is 1.54. The van der Waals surface area contributed by atoms with Crippen molar-refractivity contribution in [2.24, 2.45) is 0 Å². The van der Waals surface area contributed by atoms with Gasteiger partial charge in [0.2, 0.25) is 0 Å². The van der Waals surface area contributed by atoms with Gasteiger partial charge in [0.15, 0.2) is 0 Å². The number of rotatable bonds is 3. The maximum absolute atomic E-state index is 13.1. The quantitative estimate of drug-likeness (QED) is 0.782. The topological polar surface area (TPSA) is 36.4 Å². The molecule has 2 aliphatic rings. The fourth-order valence-electron chi connectivity index (χ4n) is 4.28. The first-order chi connectivity index (χ1) is 13.1. The fraction of sp³-hybridized carbons (Fsp3) is 0.545. The highest BCUT2D eigenvalue weighted by Crippen LogP contribution is 2.30. The highest BCUT2D eigenvalue weighted by atomic mass is 32.1. The van der Waals surface area contributed by atoms with Gasteiger partial charge >= 0.3 is 0 Å². The molecule has 3 heterocycles. The van der Waals surface area contributed by atoms with Gasteiger partial charge in [-0.25, -0.2) is 4.98 Å². The molecule has 0 bridgehead atoms. The molecule has 2 fully saturated rings. The predicted molar refractivity (Wildman–Crippen MR) is 111 cm³/mol. The van der Waals surface area contributed by atoms with Gasteiger partial charge in [0.05, 0.1) is 5.69 Å². The molecule has 144 valence electrons. The van der Waals surface area contributed by atoms with E-state index in [9.17, 15) is 4.79 Å². The van der Waals surface area contributed by atoms with E-state index in [0.29, 0.717) is 6.04 Å². The van der Waals surface area contributed by atoms with Crippen LogP contribution in [0.1, 0.15) is 53.0 Å². The molecular formula is C22H29N3OS. The average molecular weight is 384 g/mol. The average Bonchev–Trinajstić information content (AvgIpc) is 3.10. The molecule has 1 amide bonds. The summed E-state index contributed by atoms with van der Waals surface area (Å²) in [6.45, 7) is 8.27. The van der Waals surface area contributed by atoms with E-state index in [1.54, 1.807) is 0 Å². The Kier molecular flexibility index (Phi) is 5.60. The Balaban J connectivity index is 1.42. The fourth-order valence-corrected chi connectivity index (χ4v) is 5.32. The zero-order valence-corrected chi connectivity index (χ0v) is 17.2. The molecule has 2 aliphatic heterocycles. The molecule has 0 radical (unpaired) electrons. The minimum atomic E-state index is 0.167. The normalized spacial score (nSPS) is 19.4. The molecule has 0 atom stereocenters. The van der Waals surface area contributed by atoms with Crippen LogP contribution < -0.4 is 0 Å². The van der Waals surface area contributed by atoms with Crippen molar-refractivity contribution >= 4 is 17.2 Å². The Labute approximate surface area is 166 Å². The number of thiazole rings is 1. The maximum Gasteiger partial charge on any atom is 0.265 e. The summed E-state index contributed by atoms with van der Waals surface area (Å²) in [6, 6.07) is 9.04. The summed E-state index contributed by atoms with van der Waals surface area (Å²) in [7, 11) is 0. The van der Waals surface area contributed by atoms with Gasteiger partial charge < -0.3 is 9.80 Å². The number of hydrogen-bond donors (Lipinski definition) is 0. The smallest absolute Gasteiger partial charge is 0.265 e. The zero-order chi connectivity index (χ0) is 18.8. The van der Waals surface area contributed by atoms with Crippen molar-refractivity contribution in [1.82, 2.24) is 14.8 Å². The van der Waals surface area contributed by atoms with Crippen molar-refractivity contribution in [3.63, 3.8) is 0 Å². The number of nitrogens with zero attached hydrogens (tertiary/aromatic N) is 3. The molecule has 0 unspecified atom stereocenters. The van der Waals surface area contributed by atoms with Crippen molar-refractivity contribution in [1.29, 1.82) is 0 Å². The minimum absolute atomic E-state index is 0.167. The zero-order valence-electron chi connectivity index (χ0n) is 16.4. The van der Waals surface area contributed by atoms with E-state index in [4.69, 9.17) is 0 Å². The Morgan fingerprint density at radius 3 is 2.33 bits per heavy atom. The van der Waals surface area contributed by atoms with Gasteiger partial charge in [0, 0.05) is 24.7 Å². The molecule has 0 N–H and O–H groups in total. The van der Waals surface area contributed by atoms with Crippen LogP contribution in [0.5, 0.6) is 0 Å². The number of benzene rings is 1. The lowest BCUT2D eigenvalue weighted by atomic mass is 10.00. The monoisotopic (exact) mass is 383 g/mol. The number of likely N-dealkylation sites (tertiary alicyclic amines) is 2. The van der Waals surface area contributed by atoms with E-state index in [1.165, 1.54) is 49.3 Å². The molecule has 0 aliphatic carbocycles. The summed E-state index contributed by atoms with van der Waals surface area (Å²) in [6.07, 6.45) is 6.26. The molecule has 2 aromatic rings. The molecule has 4 nitrogen and oxygen atoms in total. The number of carbonyl (C=O) groups is 1. The van der Waals surface area contributed by atoms with Crippen LogP contribution in [0.3, 0.4) is 0 Å². The van der Waals surface area contributed by atoms with Crippen LogP contribution in [0.4, 0.5) is 0 Å². The molecule has 0 saturated carbocycles. The molecule has 4 rings (SSSR count). The highest BCUT2D eigenvalue weighted by Gasteiger charge is 2.29. The first-order valence-corrected chi connectivity index (χ1v) is 11.0. The van der Waals surface area contributed by atoms with Crippen LogP contribution in [0.15, 0.2) is 24.3 Å². The van der Waals surface area contributed by atoms with Crippen molar-refractivity contribution in [2.75, 3.05) is 26.2 Å². The van der Waals surface area contributed by atoms with E-state index in [0.717, 1.165) is 47.1 Å². The first kappa shape index (κ1) is 18.6. The number of aromatic nitrogens is 1. The molecular weight excluding hydrogens is 354 g/mol. The van der Waals surface area contributed by atoms with Crippen LogP contribution >= 0.6 is 11.3 Å². The molecule has 0 spiro atoms. The lowest BCUT2D eigenvalue weighted by molar-refractivity contribution is 0.0593. The summed E-state index contributed by atoms with van der Waals surface area (Å²) in [5.41, 5.74) is 3.19. The van der Waals surface area contributed by atoms with Gasteiger partial charge in [-0.15, -0.1) is 11.3 Å². The van der Waals surface area contributed by atoms with Gasteiger partial charge in [0.25, 0.3) is 5.91 Å². The Bertz CT molecular complexity index is 784. The van der Waals surface area contributed by atoms with E-state index in [1.807, 2.05) is 11.8 Å². The van der Waals surface area contributed by atoms with Gasteiger partial charge in [-0.2, -0.15) is 0 Å². The molecule has 2 saturated heterocycles. The summed E-state index contributed by atoms with van der Waals surface area (Å²) in [5.74, 6) is 0.167. The first-order valence-electron chi connectivity index (χ1n) is 10.2. The minimum Gasteiger partial charge on any atom is -0.338 e. The number of hydrogen-bond acceptors (Lipinski definition) is 4. The van der Waals surface area contributed by atoms with E-state index < -0.39 is 0 Å². The molecule has 27 heavy (non-hydrogen) atoms. The van der Waals surface area contributed by atoms with Gasteiger partial charge in [-0.05, 0) is 52.6 Å². The lowest BCUT2D eigenvalue weighted by Gasteiger charge is -2.40. The number of carbonyl (C=O) groups excluding carboxylic acids is 1. The Morgan fingerprint density at radius 2 is 1.67 bits per heavy atom. The van der Waals surface area contributed by atoms with E-state index >= 15 is 0 Å². The molecule has 1 aromatic heterocycles. The van der Waals surface area contributed by atoms with Crippen LogP contribution in [-0.2, 0) is 0 Å². The summed E-state index contributed by atoms with van der Waals surface area (Å²) < 4.78 is 0. The number of piperidine rings is 2. The second-order valence-corrected chi connectivity index (χ2v) is 8.92. The standard InChI is InChI=1S/C22H29N3OS/c1-16-6-8-18(9-7-16)21-23-17(2)20(27-21)22(26)25-14-10-19(11-15-25)24-12-4-3-5-13-24/h6-9,19H,3-5,10-15H2,1-2H3. The van der Waals surface area contributed by atoms with Gasteiger partial charge in [-0.1, -0.05) is 36.2 Å². The number of amides is 1. The second kappa shape index (κ2) is 8.11. The Morgan fingerprint density at radius 1 is 1.00 bits per heavy atom. The third-order valence-electron chi connectivity index (χ3n) is 5.95. The van der Waals surface area contributed by atoms with Crippen molar-refractivity contribution in [2.45, 2.75) is 52.0 Å². The lowest BCUT2D eigenvalue weighted by Crippen LogP contribution is -2.48. The van der Waals surface area contributed by atoms with Crippen LogP contribution in [0, 0.1) is 13.8 Å². The van der Waals surface area contributed by atoms with Crippen LogP contribution in [0.25, 0.3) is 10.6 Å². The van der Waals surface area contributed by atoms with Gasteiger partial charge in [-0.3, -0.25) is 4.79 Å². The van der Waals surface area contributed by atoms with Gasteiger partial charge in [0.1, 0.15) is 9.88 Å². The molecule has 5 heteroatoms. The van der Waals surface area contributed by atoms with E-state index in [-0.39, 0.29) is 5.91 Å². The molecule has 1 aromatic carbocycles. The maximum atomic E-state index is 13.1.